The van der Waals surface area contributed by atoms with Gasteiger partial charge in [0.25, 0.3) is 0 Å². The molecule has 0 radical (unpaired) electrons. The molecule has 0 bridgehead atoms. The summed E-state index contributed by atoms with van der Waals surface area (Å²) in [4.78, 5) is 11.1. The van der Waals surface area contributed by atoms with Crippen LogP contribution in [-0.4, -0.2) is 10.2 Å². The van der Waals surface area contributed by atoms with Gasteiger partial charge in [-0.25, -0.2) is 4.37 Å². The van der Waals surface area contributed by atoms with E-state index >= 15 is 0 Å². The molecule has 1 aromatic heterocycles. The van der Waals surface area contributed by atoms with Crippen molar-refractivity contribution in [3.05, 3.63) is 17.1 Å². The van der Waals surface area contributed by atoms with Crippen LogP contribution in [0.15, 0.2) is 11.6 Å². The number of rotatable bonds is 3. The van der Waals surface area contributed by atoms with E-state index in [1.165, 1.54) is 11.5 Å². The summed E-state index contributed by atoms with van der Waals surface area (Å²) < 4.78 is 3.96. The van der Waals surface area contributed by atoms with Gasteiger partial charge in [-0.15, -0.1) is 0 Å². The zero-order valence-electron chi connectivity index (χ0n) is 6.70. The highest BCUT2D eigenvalue weighted by Gasteiger charge is 2.14. The maximum atomic E-state index is 11.1. The van der Waals surface area contributed by atoms with Gasteiger partial charge in [-0.05, 0) is 30.4 Å². The molecule has 1 aromatic rings. The number of carbonyl (C=O) groups excluding carboxylic acids is 1. The van der Waals surface area contributed by atoms with Crippen LogP contribution in [0, 0.1) is 0 Å². The fourth-order valence-electron chi connectivity index (χ4n) is 1.14. The fourth-order valence-corrected chi connectivity index (χ4v) is 1.73. The third kappa shape index (κ3) is 1.87. The second-order valence-corrected chi connectivity index (χ2v) is 3.19. The summed E-state index contributed by atoms with van der Waals surface area (Å²) in [6, 6.07) is 0. The summed E-state index contributed by atoms with van der Waals surface area (Å²) in [6.45, 7) is 3.65. The SMILES string of the molecule is CCC(C(C)=O)c1cnsc1. The Labute approximate surface area is 70.4 Å². The van der Waals surface area contributed by atoms with Gasteiger partial charge in [0.2, 0.25) is 0 Å². The average molecular weight is 169 g/mol. The molecule has 0 spiro atoms. The minimum atomic E-state index is 0.0637. The highest BCUT2D eigenvalue weighted by atomic mass is 32.1. The van der Waals surface area contributed by atoms with Gasteiger partial charge in [-0.3, -0.25) is 4.79 Å². The first-order chi connectivity index (χ1) is 5.25. The van der Waals surface area contributed by atoms with Crippen LogP contribution >= 0.6 is 11.5 Å². The van der Waals surface area contributed by atoms with Crippen LogP contribution in [0.1, 0.15) is 31.7 Å². The predicted octanol–water partition coefficient (Wildman–Crippen LogP) is 2.23. The first-order valence-electron chi connectivity index (χ1n) is 3.65. The number of Topliss-reactive ketones (excluding diaryl/α,β-unsaturated/α-hetero) is 1. The fraction of sp³-hybridized carbons (Fsp3) is 0.500. The number of nitrogens with zero attached hydrogens (tertiary/aromatic N) is 1. The lowest BCUT2D eigenvalue weighted by atomic mass is 9.96. The van der Waals surface area contributed by atoms with Crippen LogP contribution in [0.2, 0.25) is 0 Å². The van der Waals surface area contributed by atoms with Crippen LogP contribution in [-0.2, 0) is 4.79 Å². The molecule has 60 valence electrons. The van der Waals surface area contributed by atoms with Crippen molar-refractivity contribution < 1.29 is 4.79 Å². The van der Waals surface area contributed by atoms with Crippen molar-refractivity contribution in [1.29, 1.82) is 0 Å². The molecular weight excluding hydrogens is 158 g/mol. The maximum Gasteiger partial charge on any atom is 0.137 e. The molecule has 2 nitrogen and oxygen atoms in total. The molecule has 3 heteroatoms. The summed E-state index contributed by atoms with van der Waals surface area (Å²) in [5.41, 5.74) is 1.06. The van der Waals surface area contributed by atoms with E-state index in [1.807, 2.05) is 12.3 Å². The van der Waals surface area contributed by atoms with Crippen LogP contribution < -0.4 is 0 Å². The highest BCUT2D eigenvalue weighted by Crippen LogP contribution is 2.20. The topological polar surface area (TPSA) is 30.0 Å². The Hall–Kier alpha value is -0.700. The van der Waals surface area contributed by atoms with Gasteiger partial charge in [-0.1, -0.05) is 6.92 Å². The van der Waals surface area contributed by atoms with E-state index in [1.54, 1.807) is 13.1 Å². The molecule has 11 heavy (non-hydrogen) atoms. The largest absolute Gasteiger partial charge is 0.299 e. The van der Waals surface area contributed by atoms with Gasteiger partial charge < -0.3 is 0 Å². The average Bonchev–Trinajstić information content (AvgIpc) is 2.40. The molecule has 1 rings (SSSR count). The molecule has 0 aliphatic carbocycles. The van der Waals surface area contributed by atoms with Crippen molar-refractivity contribution in [2.75, 3.05) is 0 Å². The number of hydrogen-bond acceptors (Lipinski definition) is 3. The Morgan fingerprint density at radius 2 is 2.55 bits per heavy atom. The van der Waals surface area contributed by atoms with Crippen molar-refractivity contribution >= 4 is 17.3 Å². The normalized spacial score (nSPS) is 12.9. The van der Waals surface area contributed by atoms with E-state index in [9.17, 15) is 4.79 Å². The lowest BCUT2D eigenvalue weighted by Gasteiger charge is -2.06. The molecule has 0 saturated heterocycles. The van der Waals surface area contributed by atoms with E-state index < -0.39 is 0 Å². The molecule has 0 N–H and O–H groups in total. The summed E-state index contributed by atoms with van der Waals surface area (Å²) in [5, 5.41) is 1.94. The Morgan fingerprint density at radius 1 is 1.82 bits per heavy atom. The highest BCUT2D eigenvalue weighted by molar-refractivity contribution is 7.03. The number of ketones is 1. The van der Waals surface area contributed by atoms with Gasteiger partial charge in [0.05, 0.1) is 0 Å². The molecule has 0 aromatic carbocycles. The quantitative estimate of drug-likeness (QED) is 0.694. The van der Waals surface area contributed by atoms with Crippen LogP contribution in [0.5, 0.6) is 0 Å². The van der Waals surface area contributed by atoms with Gasteiger partial charge in [0, 0.05) is 17.5 Å². The standard InChI is InChI=1S/C8H11NOS/c1-3-8(6(2)10)7-4-9-11-5-7/h4-5,8H,3H2,1-2H3. The molecule has 1 heterocycles. The van der Waals surface area contributed by atoms with Gasteiger partial charge in [0.15, 0.2) is 0 Å². The summed E-state index contributed by atoms with van der Waals surface area (Å²) in [6.07, 6.45) is 2.65. The van der Waals surface area contributed by atoms with Crippen LogP contribution in [0.4, 0.5) is 0 Å². The van der Waals surface area contributed by atoms with E-state index in [0.717, 1.165) is 12.0 Å². The number of hydrogen-bond donors (Lipinski definition) is 0. The van der Waals surface area contributed by atoms with Crippen molar-refractivity contribution in [1.82, 2.24) is 4.37 Å². The van der Waals surface area contributed by atoms with Crippen molar-refractivity contribution in [2.45, 2.75) is 26.2 Å². The molecule has 0 saturated carbocycles. The minimum Gasteiger partial charge on any atom is -0.299 e. The Morgan fingerprint density at radius 3 is 2.91 bits per heavy atom. The predicted molar refractivity (Wildman–Crippen MR) is 45.8 cm³/mol. The maximum absolute atomic E-state index is 11.1. The second-order valence-electron chi connectivity index (χ2n) is 2.53. The lowest BCUT2D eigenvalue weighted by Crippen LogP contribution is -2.05. The van der Waals surface area contributed by atoms with Gasteiger partial charge >= 0.3 is 0 Å². The monoisotopic (exact) mass is 169 g/mol. The minimum absolute atomic E-state index is 0.0637. The van der Waals surface area contributed by atoms with Crippen LogP contribution in [0.3, 0.4) is 0 Å². The smallest absolute Gasteiger partial charge is 0.137 e. The zero-order chi connectivity index (χ0) is 8.27. The molecular formula is C8H11NOS. The van der Waals surface area contributed by atoms with Crippen molar-refractivity contribution in [2.24, 2.45) is 0 Å². The number of carbonyl (C=O) groups is 1. The lowest BCUT2D eigenvalue weighted by molar-refractivity contribution is -0.118. The van der Waals surface area contributed by atoms with Gasteiger partial charge in [0.1, 0.15) is 5.78 Å². The van der Waals surface area contributed by atoms with E-state index in [4.69, 9.17) is 0 Å². The molecule has 1 unspecified atom stereocenters. The van der Waals surface area contributed by atoms with E-state index in [2.05, 4.69) is 4.37 Å². The molecule has 1 atom stereocenters. The third-order valence-electron chi connectivity index (χ3n) is 1.75. The molecule has 0 aliphatic heterocycles. The van der Waals surface area contributed by atoms with Crippen LogP contribution in [0.25, 0.3) is 0 Å². The Bertz CT molecular complexity index is 230. The van der Waals surface area contributed by atoms with E-state index in [-0.39, 0.29) is 11.7 Å². The molecule has 0 aliphatic rings. The first-order valence-corrected chi connectivity index (χ1v) is 4.49. The first kappa shape index (κ1) is 8.40. The second kappa shape index (κ2) is 3.62. The van der Waals surface area contributed by atoms with Gasteiger partial charge in [-0.2, -0.15) is 0 Å². The van der Waals surface area contributed by atoms with E-state index in [0.29, 0.717) is 0 Å². The molecule has 0 fully saturated rings. The van der Waals surface area contributed by atoms with Crippen molar-refractivity contribution in [3.63, 3.8) is 0 Å². The zero-order valence-corrected chi connectivity index (χ0v) is 7.52. The third-order valence-corrected chi connectivity index (χ3v) is 2.36. The summed E-state index contributed by atoms with van der Waals surface area (Å²) in [7, 11) is 0. The number of aromatic nitrogens is 1. The summed E-state index contributed by atoms with van der Waals surface area (Å²) in [5.74, 6) is 0.293. The molecule has 0 amide bonds. The Kier molecular flexibility index (Phi) is 2.76. The summed E-state index contributed by atoms with van der Waals surface area (Å²) >= 11 is 1.40. The Balaban J connectivity index is 2.79. The van der Waals surface area contributed by atoms with Crippen molar-refractivity contribution in [3.8, 4) is 0 Å².